The maximum Gasteiger partial charge on any atom is 0.416 e. The first-order chi connectivity index (χ1) is 13.2. The molecule has 7 heteroatoms. The zero-order chi connectivity index (χ0) is 20.7. The van der Waals surface area contributed by atoms with Crippen LogP contribution in [0.5, 0.6) is 0 Å². The van der Waals surface area contributed by atoms with Crippen molar-refractivity contribution in [3.8, 4) is 0 Å². The van der Waals surface area contributed by atoms with Crippen molar-refractivity contribution in [3.63, 3.8) is 0 Å². The largest absolute Gasteiger partial charge is 0.416 e. The molecule has 1 heterocycles. The van der Waals surface area contributed by atoms with Gasteiger partial charge in [0.2, 0.25) is 0 Å². The third-order valence-electron chi connectivity index (χ3n) is 5.19. The molecule has 158 valence electrons. The van der Waals surface area contributed by atoms with Gasteiger partial charge in [-0.05, 0) is 56.3 Å². The number of nitrogens with zero attached hydrogens (tertiary/aromatic N) is 2. The Balaban J connectivity index is 2.07. The molecule has 4 nitrogen and oxygen atoms in total. The number of amides is 2. The highest BCUT2D eigenvalue weighted by molar-refractivity contribution is 5.89. The zero-order valence-corrected chi connectivity index (χ0v) is 17.1. The van der Waals surface area contributed by atoms with Gasteiger partial charge in [0.1, 0.15) is 0 Å². The molecular weight excluding hydrogens is 367 g/mol. The standard InChI is InChI=1S/C21H32F3N3O/c1-4-11-26-12-9-19(10-13-26)27(14-8-16(2)3)20(28)25-18-7-5-6-17(15-18)21(22,23)24/h5-7,15-16,19H,4,8-14H2,1-3H3,(H,25,28). The topological polar surface area (TPSA) is 35.6 Å². The van der Waals surface area contributed by atoms with Gasteiger partial charge in [-0.2, -0.15) is 13.2 Å². The molecule has 28 heavy (non-hydrogen) atoms. The smallest absolute Gasteiger partial charge is 0.321 e. The summed E-state index contributed by atoms with van der Waals surface area (Å²) in [4.78, 5) is 17.1. The number of hydrogen-bond acceptors (Lipinski definition) is 2. The van der Waals surface area contributed by atoms with Gasteiger partial charge >= 0.3 is 12.2 Å². The predicted octanol–water partition coefficient (Wildman–Crippen LogP) is 5.46. The van der Waals surface area contributed by atoms with Crippen LogP contribution in [0.1, 0.15) is 52.0 Å². The highest BCUT2D eigenvalue weighted by Crippen LogP contribution is 2.31. The predicted molar refractivity (Wildman–Crippen MR) is 106 cm³/mol. The van der Waals surface area contributed by atoms with Crippen LogP contribution >= 0.6 is 0 Å². The third kappa shape index (κ3) is 6.69. The molecular formula is C21H32F3N3O. The number of piperidine rings is 1. The van der Waals surface area contributed by atoms with E-state index in [1.165, 1.54) is 12.1 Å². The van der Waals surface area contributed by atoms with Crippen LogP contribution in [0.15, 0.2) is 24.3 Å². The van der Waals surface area contributed by atoms with Crippen LogP contribution in [0, 0.1) is 5.92 Å². The first kappa shape index (κ1) is 22.5. The second-order valence-electron chi connectivity index (χ2n) is 7.96. The number of likely N-dealkylation sites (tertiary alicyclic amines) is 1. The van der Waals surface area contributed by atoms with Gasteiger partial charge in [-0.1, -0.05) is 26.8 Å². The molecule has 0 unspecified atom stereocenters. The van der Waals surface area contributed by atoms with Crippen molar-refractivity contribution in [1.82, 2.24) is 9.80 Å². The summed E-state index contributed by atoms with van der Waals surface area (Å²) >= 11 is 0. The Bertz CT molecular complexity index is 626. The van der Waals surface area contributed by atoms with E-state index in [4.69, 9.17) is 0 Å². The quantitative estimate of drug-likeness (QED) is 0.661. The third-order valence-corrected chi connectivity index (χ3v) is 5.19. The van der Waals surface area contributed by atoms with E-state index in [1.54, 1.807) is 0 Å². The fourth-order valence-corrected chi connectivity index (χ4v) is 3.59. The molecule has 0 saturated carbocycles. The number of anilines is 1. The van der Waals surface area contributed by atoms with Crippen molar-refractivity contribution in [2.75, 3.05) is 31.5 Å². The lowest BCUT2D eigenvalue weighted by molar-refractivity contribution is -0.137. The molecule has 1 N–H and O–H groups in total. The molecule has 2 amide bonds. The highest BCUT2D eigenvalue weighted by atomic mass is 19.4. The van der Waals surface area contributed by atoms with Crippen LogP contribution in [0.25, 0.3) is 0 Å². The van der Waals surface area contributed by atoms with E-state index in [0.29, 0.717) is 12.5 Å². The summed E-state index contributed by atoms with van der Waals surface area (Å²) in [5.41, 5.74) is -0.579. The first-order valence-corrected chi connectivity index (χ1v) is 10.2. The summed E-state index contributed by atoms with van der Waals surface area (Å²) < 4.78 is 38.8. The molecule has 1 aromatic rings. The molecule has 1 saturated heterocycles. The second-order valence-corrected chi connectivity index (χ2v) is 7.96. The van der Waals surface area contributed by atoms with E-state index in [2.05, 4.69) is 31.0 Å². The molecule has 1 aliphatic heterocycles. The van der Waals surface area contributed by atoms with E-state index in [-0.39, 0.29) is 17.8 Å². The lowest BCUT2D eigenvalue weighted by Gasteiger charge is -2.38. The number of urea groups is 1. The minimum atomic E-state index is -4.43. The molecule has 0 aromatic heterocycles. The van der Waals surface area contributed by atoms with E-state index in [1.807, 2.05) is 4.90 Å². The van der Waals surface area contributed by atoms with Crippen LogP contribution < -0.4 is 5.32 Å². The summed E-state index contributed by atoms with van der Waals surface area (Å²) in [6.45, 7) is 9.94. The monoisotopic (exact) mass is 399 g/mol. The van der Waals surface area contributed by atoms with E-state index in [0.717, 1.165) is 57.5 Å². The van der Waals surface area contributed by atoms with E-state index < -0.39 is 11.7 Å². The fraction of sp³-hybridized carbons (Fsp3) is 0.667. The summed E-state index contributed by atoms with van der Waals surface area (Å²) in [5, 5.41) is 2.69. The Morgan fingerprint density at radius 1 is 1.29 bits per heavy atom. The van der Waals surface area contributed by atoms with Gasteiger partial charge in [-0.25, -0.2) is 4.79 Å². The van der Waals surface area contributed by atoms with Crippen LogP contribution in [-0.2, 0) is 6.18 Å². The van der Waals surface area contributed by atoms with Crippen LogP contribution in [0.4, 0.5) is 23.7 Å². The molecule has 1 aliphatic rings. The van der Waals surface area contributed by atoms with Gasteiger partial charge in [-0.15, -0.1) is 0 Å². The van der Waals surface area contributed by atoms with E-state index in [9.17, 15) is 18.0 Å². The average Bonchev–Trinajstić information content (AvgIpc) is 2.63. The van der Waals surface area contributed by atoms with Gasteiger partial charge in [0.05, 0.1) is 5.56 Å². The summed E-state index contributed by atoms with van der Waals surface area (Å²) in [5.74, 6) is 0.448. The number of hydrogen-bond donors (Lipinski definition) is 1. The van der Waals surface area contributed by atoms with E-state index >= 15 is 0 Å². The molecule has 0 atom stereocenters. The Labute approximate surface area is 166 Å². The highest BCUT2D eigenvalue weighted by Gasteiger charge is 2.31. The minimum absolute atomic E-state index is 0.123. The summed E-state index contributed by atoms with van der Waals surface area (Å²) in [6.07, 6.45) is -0.657. The molecule has 0 aliphatic carbocycles. The van der Waals surface area contributed by atoms with Crippen molar-refractivity contribution in [1.29, 1.82) is 0 Å². The maximum absolute atomic E-state index is 12.9. The maximum atomic E-state index is 12.9. The number of rotatable bonds is 7. The number of benzene rings is 1. The van der Waals surface area contributed by atoms with Gasteiger partial charge in [0.25, 0.3) is 0 Å². The van der Waals surface area contributed by atoms with Crippen LogP contribution in [-0.4, -0.2) is 48.1 Å². The summed E-state index contributed by atoms with van der Waals surface area (Å²) in [7, 11) is 0. The number of carbonyl (C=O) groups excluding carboxylic acids is 1. The first-order valence-electron chi connectivity index (χ1n) is 10.2. The lowest BCUT2D eigenvalue weighted by atomic mass is 10.0. The molecule has 0 spiro atoms. The fourth-order valence-electron chi connectivity index (χ4n) is 3.59. The number of halogens is 3. The molecule has 2 rings (SSSR count). The Morgan fingerprint density at radius 2 is 1.96 bits per heavy atom. The number of alkyl halides is 3. The normalized spacial score (nSPS) is 16.4. The number of carbonyl (C=O) groups is 1. The zero-order valence-electron chi connectivity index (χ0n) is 17.1. The van der Waals surface area contributed by atoms with Crippen molar-refractivity contribution in [2.24, 2.45) is 5.92 Å². The van der Waals surface area contributed by atoms with Gasteiger partial charge in [0.15, 0.2) is 0 Å². The Morgan fingerprint density at radius 3 is 2.54 bits per heavy atom. The van der Waals surface area contributed by atoms with Crippen molar-refractivity contribution in [2.45, 2.75) is 58.7 Å². The molecule has 1 aromatic carbocycles. The molecule has 1 fully saturated rings. The van der Waals surface area contributed by atoms with Crippen molar-refractivity contribution < 1.29 is 18.0 Å². The second kappa shape index (κ2) is 10.1. The van der Waals surface area contributed by atoms with Gasteiger partial charge in [0, 0.05) is 31.4 Å². The summed E-state index contributed by atoms with van der Waals surface area (Å²) in [6, 6.07) is 4.63. The van der Waals surface area contributed by atoms with Crippen molar-refractivity contribution in [3.05, 3.63) is 29.8 Å². The average molecular weight is 400 g/mol. The van der Waals surface area contributed by atoms with Gasteiger partial charge in [-0.3, -0.25) is 0 Å². The lowest BCUT2D eigenvalue weighted by Crippen LogP contribution is -2.49. The molecule has 0 bridgehead atoms. The van der Waals surface area contributed by atoms with Crippen LogP contribution in [0.2, 0.25) is 0 Å². The van der Waals surface area contributed by atoms with Crippen LogP contribution in [0.3, 0.4) is 0 Å². The Hall–Kier alpha value is -1.76. The SMILES string of the molecule is CCCN1CCC(N(CCC(C)C)C(=O)Nc2cccc(C(F)(F)F)c2)CC1. The molecule has 0 radical (unpaired) electrons. The number of nitrogens with one attached hydrogen (secondary N) is 1. The minimum Gasteiger partial charge on any atom is -0.321 e. The Kier molecular flexibility index (Phi) is 8.16. The van der Waals surface area contributed by atoms with Crippen molar-refractivity contribution >= 4 is 11.7 Å². The van der Waals surface area contributed by atoms with Gasteiger partial charge < -0.3 is 15.1 Å².